The van der Waals surface area contributed by atoms with E-state index in [1.807, 2.05) is 0 Å². The molecule has 2 heterocycles. The normalized spacial score (nSPS) is 21.4. The Balaban J connectivity index is 1.99. The van der Waals surface area contributed by atoms with Crippen LogP contribution in [0.1, 0.15) is 11.3 Å². The molecule has 1 aliphatic heterocycles. The lowest BCUT2D eigenvalue weighted by molar-refractivity contribution is -0.136. The summed E-state index contributed by atoms with van der Waals surface area (Å²) in [5, 5.41) is 8.66. The molecule has 10 heteroatoms. The number of rotatable bonds is 6. The highest BCUT2D eigenvalue weighted by atomic mass is 32.2. The first-order valence-electron chi connectivity index (χ1n) is 6.18. The quantitative estimate of drug-likeness (QED) is 0.748. The lowest BCUT2D eigenvalue weighted by Gasteiger charge is -2.09. The smallest absolute Gasteiger partial charge is 0.308 e. The molecule has 0 saturated carbocycles. The monoisotopic (exact) mass is 353 g/mol. The Bertz CT molecular complexity index is 734. The molecule has 2 rings (SSSR count). The van der Waals surface area contributed by atoms with E-state index in [-0.39, 0.29) is 34.6 Å². The van der Waals surface area contributed by atoms with Crippen LogP contribution < -0.4 is 4.72 Å². The van der Waals surface area contributed by atoms with Gasteiger partial charge in [0.05, 0.1) is 17.9 Å². The molecule has 1 atom stereocenters. The highest BCUT2D eigenvalue weighted by Gasteiger charge is 2.29. The molecule has 1 aromatic heterocycles. The van der Waals surface area contributed by atoms with Gasteiger partial charge in [-0.05, 0) is 24.5 Å². The Morgan fingerprint density at radius 1 is 1.43 bits per heavy atom. The van der Waals surface area contributed by atoms with E-state index in [4.69, 9.17) is 5.11 Å². The number of hydrogen-bond donors (Lipinski definition) is 2. The fourth-order valence-corrected chi connectivity index (χ4v) is 6.45. The lowest BCUT2D eigenvalue weighted by Crippen LogP contribution is -2.29. The minimum Gasteiger partial charge on any atom is -0.481 e. The Labute approximate surface area is 127 Å². The third kappa shape index (κ3) is 4.50. The molecule has 0 aliphatic carbocycles. The van der Waals surface area contributed by atoms with Crippen molar-refractivity contribution in [2.24, 2.45) is 5.92 Å². The van der Waals surface area contributed by atoms with Gasteiger partial charge in [-0.3, -0.25) is 4.79 Å². The molecule has 1 aliphatic rings. The predicted octanol–water partition coefficient (Wildman–Crippen LogP) is 0.0882. The van der Waals surface area contributed by atoms with E-state index in [9.17, 15) is 21.6 Å². The van der Waals surface area contributed by atoms with Crippen molar-refractivity contribution >= 4 is 37.2 Å². The van der Waals surface area contributed by atoms with Crippen molar-refractivity contribution in [2.75, 3.05) is 18.1 Å². The van der Waals surface area contributed by atoms with Gasteiger partial charge < -0.3 is 5.11 Å². The molecule has 1 saturated heterocycles. The second kappa shape index (κ2) is 6.03. The van der Waals surface area contributed by atoms with Gasteiger partial charge in [0.2, 0.25) is 10.0 Å². The Morgan fingerprint density at radius 2 is 2.14 bits per heavy atom. The van der Waals surface area contributed by atoms with Crippen molar-refractivity contribution in [1.82, 2.24) is 4.72 Å². The van der Waals surface area contributed by atoms with Crippen LogP contribution in [0.15, 0.2) is 16.3 Å². The summed E-state index contributed by atoms with van der Waals surface area (Å²) in [6.07, 6.45) is 0.237. The van der Waals surface area contributed by atoms with E-state index in [1.165, 1.54) is 12.1 Å². The maximum absolute atomic E-state index is 12.1. The zero-order valence-corrected chi connectivity index (χ0v) is 13.4. The molecule has 118 valence electrons. The van der Waals surface area contributed by atoms with Crippen molar-refractivity contribution in [3.05, 3.63) is 17.0 Å². The number of sulfonamides is 1. The summed E-state index contributed by atoms with van der Waals surface area (Å²) in [7, 11) is -6.75. The number of thiophene rings is 1. The van der Waals surface area contributed by atoms with Crippen LogP contribution in [0.3, 0.4) is 0 Å². The molecule has 1 unspecified atom stereocenters. The van der Waals surface area contributed by atoms with E-state index in [1.54, 1.807) is 0 Å². The molecule has 0 aromatic carbocycles. The molecule has 0 bridgehead atoms. The largest absolute Gasteiger partial charge is 0.481 e. The van der Waals surface area contributed by atoms with Gasteiger partial charge in [-0.2, -0.15) is 0 Å². The molecule has 1 aromatic rings. The summed E-state index contributed by atoms with van der Waals surface area (Å²) in [6.45, 7) is 0.0771. The van der Waals surface area contributed by atoms with E-state index in [2.05, 4.69) is 4.72 Å². The van der Waals surface area contributed by atoms with Crippen LogP contribution in [0, 0.1) is 5.92 Å². The Hall–Kier alpha value is -0.970. The molecular formula is C11H15NO6S3. The maximum Gasteiger partial charge on any atom is 0.308 e. The van der Waals surface area contributed by atoms with Crippen molar-refractivity contribution < 1.29 is 26.7 Å². The number of carboxylic acid groups (broad SMARTS) is 1. The van der Waals surface area contributed by atoms with E-state index >= 15 is 0 Å². The van der Waals surface area contributed by atoms with Crippen LogP contribution in [0.5, 0.6) is 0 Å². The molecule has 1 fully saturated rings. The molecule has 2 N–H and O–H groups in total. The third-order valence-electron chi connectivity index (χ3n) is 3.12. The van der Waals surface area contributed by atoms with Gasteiger partial charge in [0.15, 0.2) is 9.84 Å². The van der Waals surface area contributed by atoms with Crippen LogP contribution in [0.4, 0.5) is 0 Å². The number of carboxylic acids is 1. The average Bonchev–Trinajstić information content (AvgIpc) is 2.93. The molecule has 0 radical (unpaired) electrons. The van der Waals surface area contributed by atoms with Gasteiger partial charge in [0.25, 0.3) is 0 Å². The number of hydrogen-bond acceptors (Lipinski definition) is 6. The van der Waals surface area contributed by atoms with E-state index in [0.29, 0.717) is 11.3 Å². The zero-order chi connectivity index (χ0) is 15.7. The van der Waals surface area contributed by atoms with Crippen molar-refractivity contribution in [3.8, 4) is 0 Å². The molecule has 7 nitrogen and oxygen atoms in total. The minimum absolute atomic E-state index is 0.00419. The summed E-state index contributed by atoms with van der Waals surface area (Å²) in [4.78, 5) is 11.0. The first-order chi connectivity index (χ1) is 9.68. The highest BCUT2D eigenvalue weighted by molar-refractivity contribution is 7.92. The fraction of sp³-hybridized carbons (Fsp3) is 0.545. The van der Waals surface area contributed by atoms with E-state index < -0.39 is 25.8 Å². The first kappa shape index (κ1) is 16.4. The molecule has 0 amide bonds. The van der Waals surface area contributed by atoms with Gasteiger partial charge in [-0.1, -0.05) is 0 Å². The van der Waals surface area contributed by atoms with Crippen molar-refractivity contribution in [1.29, 1.82) is 0 Å². The summed E-state index contributed by atoms with van der Waals surface area (Å²) in [5.41, 5.74) is 0. The van der Waals surface area contributed by atoms with Gasteiger partial charge in [0.1, 0.15) is 4.21 Å². The molecule has 0 spiro atoms. The molecular weight excluding hydrogens is 338 g/mol. The third-order valence-corrected chi connectivity index (χ3v) is 7.95. The van der Waals surface area contributed by atoms with Crippen LogP contribution in [-0.2, 0) is 31.1 Å². The van der Waals surface area contributed by atoms with Crippen molar-refractivity contribution in [3.63, 3.8) is 0 Å². The number of aliphatic carboxylic acids is 1. The highest BCUT2D eigenvalue weighted by Crippen LogP contribution is 2.23. The number of carbonyl (C=O) groups is 1. The predicted molar refractivity (Wildman–Crippen MR) is 77.6 cm³/mol. The van der Waals surface area contributed by atoms with Gasteiger partial charge >= 0.3 is 5.97 Å². The van der Waals surface area contributed by atoms with Crippen LogP contribution in [0.2, 0.25) is 0 Å². The van der Waals surface area contributed by atoms with Crippen LogP contribution >= 0.6 is 11.3 Å². The zero-order valence-electron chi connectivity index (χ0n) is 11.0. The van der Waals surface area contributed by atoms with Crippen molar-refractivity contribution in [2.45, 2.75) is 17.1 Å². The van der Waals surface area contributed by atoms with Gasteiger partial charge in [-0.15, -0.1) is 11.3 Å². The Morgan fingerprint density at radius 3 is 2.71 bits per heavy atom. The average molecular weight is 353 g/mol. The summed E-state index contributed by atoms with van der Waals surface area (Å²) >= 11 is 0.901. The fourth-order valence-electron chi connectivity index (χ4n) is 2.08. The van der Waals surface area contributed by atoms with Crippen LogP contribution in [0.25, 0.3) is 0 Å². The molecule has 21 heavy (non-hydrogen) atoms. The maximum atomic E-state index is 12.1. The van der Waals surface area contributed by atoms with Gasteiger partial charge in [0, 0.05) is 11.4 Å². The topological polar surface area (TPSA) is 118 Å². The number of sulfone groups is 1. The first-order valence-corrected chi connectivity index (χ1v) is 10.3. The second-order valence-corrected chi connectivity index (χ2v) is 10.3. The SMILES string of the molecule is O=C(O)Cc1ccc(S(=O)(=O)NCC2CCS(=O)(=O)C2)s1. The second-order valence-electron chi connectivity index (χ2n) is 4.91. The lowest BCUT2D eigenvalue weighted by atomic mass is 10.1. The van der Waals surface area contributed by atoms with Crippen LogP contribution in [-0.4, -0.2) is 46.0 Å². The van der Waals surface area contributed by atoms with Gasteiger partial charge in [-0.25, -0.2) is 21.6 Å². The number of nitrogens with one attached hydrogen (secondary N) is 1. The minimum atomic E-state index is -3.72. The standard InChI is InChI=1S/C11H15NO6S3/c13-10(14)5-9-1-2-11(19-9)21(17,18)12-6-8-3-4-20(15,16)7-8/h1-2,8,12H,3-7H2,(H,13,14). The summed E-state index contributed by atoms with van der Waals surface area (Å²) < 4.78 is 49.2. The Kier molecular flexibility index (Phi) is 4.71. The van der Waals surface area contributed by atoms with E-state index in [0.717, 1.165) is 11.3 Å². The summed E-state index contributed by atoms with van der Waals surface area (Å²) in [5.74, 6) is -1.13. The summed E-state index contributed by atoms with van der Waals surface area (Å²) in [6, 6.07) is 2.82.